The molecule has 0 spiro atoms. The molecule has 14 heavy (non-hydrogen) atoms. The van der Waals surface area contributed by atoms with Crippen LogP contribution in [0.3, 0.4) is 0 Å². The van der Waals surface area contributed by atoms with Gasteiger partial charge in [0.05, 0.1) is 7.11 Å². The maximum Gasteiger partial charge on any atom is 0.305 e. The molecule has 1 aliphatic carbocycles. The smallest absolute Gasteiger partial charge is 0.305 e. The average Bonchev–Trinajstić information content (AvgIpc) is 2.18. The fourth-order valence-electron chi connectivity index (χ4n) is 2.10. The Labute approximate surface area is 84.8 Å². The van der Waals surface area contributed by atoms with Gasteiger partial charge in [0.1, 0.15) is 5.78 Å². The molecule has 3 heteroatoms. The van der Waals surface area contributed by atoms with Crippen molar-refractivity contribution in [2.75, 3.05) is 7.11 Å². The second kappa shape index (κ2) is 5.13. The van der Waals surface area contributed by atoms with Gasteiger partial charge in [-0.2, -0.15) is 0 Å². The van der Waals surface area contributed by atoms with Crippen molar-refractivity contribution >= 4 is 11.8 Å². The SMILES string of the molecule is COC(=O)C[C@H](C)[C@H]1CCCCC1=O. The van der Waals surface area contributed by atoms with Gasteiger partial charge in [-0.25, -0.2) is 0 Å². The monoisotopic (exact) mass is 198 g/mol. The van der Waals surface area contributed by atoms with Crippen molar-refractivity contribution < 1.29 is 14.3 Å². The van der Waals surface area contributed by atoms with Crippen LogP contribution in [-0.2, 0) is 14.3 Å². The van der Waals surface area contributed by atoms with Crippen molar-refractivity contribution in [3.8, 4) is 0 Å². The summed E-state index contributed by atoms with van der Waals surface area (Å²) in [6.45, 7) is 1.96. The fourth-order valence-corrected chi connectivity index (χ4v) is 2.10. The lowest BCUT2D eigenvalue weighted by Gasteiger charge is -2.25. The van der Waals surface area contributed by atoms with Crippen LogP contribution >= 0.6 is 0 Å². The number of carbonyl (C=O) groups is 2. The molecule has 0 aromatic carbocycles. The molecule has 1 fully saturated rings. The standard InChI is InChI=1S/C11H18O3/c1-8(7-11(13)14-2)9-5-3-4-6-10(9)12/h8-9H,3-7H2,1-2H3/t8-,9+/m0/s1. The predicted molar refractivity (Wildman–Crippen MR) is 52.8 cm³/mol. The van der Waals surface area contributed by atoms with Gasteiger partial charge < -0.3 is 4.74 Å². The van der Waals surface area contributed by atoms with Crippen LogP contribution in [0.5, 0.6) is 0 Å². The number of methoxy groups -OCH3 is 1. The van der Waals surface area contributed by atoms with Gasteiger partial charge in [0.15, 0.2) is 0 Å². The van der Waals surface area contributed by atoms with Gasteiger partial charge in [-0.3, -0.25) is 9.59 Å². The first-order chi connectivity index (χ1) is 6.65. The summed E-state index contributed by atoms with van der Waals surface area (Å²) in [7, 11) is 1.39. The Bertz CT molecular complexity index is 223. The number of ketones is 1. The predicted octanol–water partition coefficient (Wildman–Crippen LogP) is 1.94. The largest absolute Gasteiger partial charge is 0.469 e. The molecule has 0 aliphatic heterocycles. The zero-order chi connectivity index (χ0) is 10.6. The Balaban J connectivity index is 2.45. The van der Waals surface area contributed by atoms with Crippen molar-refractivity contribution in [1.29, 1.82) is 0 Å². The fraction of sp³-hybridized carbons (Fsp3) is 0.818. The summed E-state index contributed by atoms with van der Waals surface area (Å²) < 4.78 is 4.60. The van der Waals surface area contributed by atoms with E-state index in [0.717, 1.165) is 19.3 Å². The van der Waals surface area contributed by atoms with E-state index < -0.39 is 0 Å². The summed E-state index contributed by atoms with van der Waals surface area (Å²) >= 11 is 0. The third-order valence-electron chi connectivity index (χ3n) is 3.01. The lowest BCUT2D eigenvalue weighted by molar-refractivity contribution is -0.142. The Hall–Kier alpha value is -0.860. The minimum absolute atomic E-state index is 0.0860. The molecule has 1 rings (SSSR count). The summed E-state index contributed by atoms with van der Waals surface area (Å²) in [5, 5.41) is 0. The van der Waals surface area contributed by atoms with E-state index in [4.69, 9.17) is 0 Å². The number of hydrogen-bond donors (Lipinski definition) is 0. The van der Waals surface area contributed by atoms with Crippen molar-refractivity contribution in [2.45, 2.75) is 39.0 Å². The molecule has 0 unspecified atom stereocenters. The highest BCUT2D eigenvalue weighted by Crippen LogP contribution is 2.28. The number of carbonyl (C=O) groups excluding carboxylic acids is 2. The Morgan fingerprint density at radius 1 is 1.57 bits per heavy atom. The first-order valence-corrected chi connectivity index (χ1v) is 5.24. The Kier molecular flexibility index (Phi) is 4.11. The van der Waals surface area contributed by atoms with Crippen LogP contribution in [0.1, 0.15) is 39.0 Å². The maximum absolute atomic E-state index is 11.6. The van der Waals surface area contributed by atoms with Gasteiger partial charge in [-0.15, -0.1) is 0 Å². The molecule has 1 aliphatic rings. The minimum Gasteiger partial charge on any atom is -0.469 e. The van der Waals surface area contributed by atoms with E-state index in [-0.39, 0.29) is 17.8 Å². The molecule has 0 saturated heterocycles. The molecule has 0 bridgehead atoms. The molecule has 2 atom stereocenters. The summed E-state index contributed by atoms with van der Waals surface area (Å²) in [4.78, 5) is 22.6. The second-order valence-electron chi connectivity index (χ2n) is 4.08. The number of ether oxygens (including phenoxy) is 1. The zero-order valence-corrected chi connectivity index (χ0v) is 8.91. The molecule has 1 saturated carbocycles. The van der Waals surface area contributed by atoms with Crippen LogP contribution < -0.4 is 0 Å². The molecule has 0 aromatic heterocycles. The van der Waals surface area contributed by atoms with Crippen molar-refractivity contribution in [2.24, 2.45) is 11.8 Å². The van der Waals surface area contributed by atoms with Gasteiger partial charge >= 0.3 is 5.97 Å². The number of hydrogen-bond acceptors (Lipinski definition) is 3. The minimum atomic E-state index is -0.212. The first kappa shape index (κ1) is 11.2. The lowest BCUT2D eigenvalue weighted by atomic mass is 9.78. The number of rotatable bonds is 3. The van der Waals surface area contributed by atoms with Crippen molar-refractivity contribution in [3.05, 3.63) is 0 Å². The highest BCUT2D eigenvalue weighted by molar-refractivity contribution is 5.82. The normalized spacial score (nSPS) is 24.4. The summed E-state index contributed by atoms with van der Waals surface area (Å²) in [6, 6.07) is 0. The highest BCUT2D eigenvalue weighted by atomic mass is 16.5. The molecular formula is C11H18O3. The summed E-state index contributed by atoms with van der Waals surface area (Å²) in [6.07, 6.45) is 4.13. The van der Waals surface area contributed by atoms with Crippen LogP contribution in [0, 0.1) is 11.8 Å². The quantitative estimate of drug-likeness (QED) is 0.651. The lowest BCUT2D eigenvalue weighted by Crippen LogP contribution is -2.27. The third kappa shape index (κ3) is 2.82. The molecule has 0 N–H and O–H groups in total. The molecule has 0 aromatic rings. The summed E-state index contributed by atoms with van der Waals surface area (Å²) in [5.74, 6) is 0.335. The molecule has 0 heterocycles. The topological polar surface area (TPSA) is 43.4 Å². The highest BCUT2D eigenvalue weighted by Gasteiger charge is 2.28. The van der Waals surface area contributed by atoms with E-state index in [2.05, 4.69) is 4.74 Å². The van der Waals surface area contributed by atoms with Gasteiger partial charge in [0, 0.05) is 18.8 Å². The third-order valence-corrected chi connectivity index (χ3v) is 3.01. The van der Waals surface area contributed by atoms with E-state index in [1.807, 2.05) is 6.92 Å². The van der Waals surface area contributed by atoms with Crippen molar-refractivity contribution in [1.82, 2.24) is 0 Å². The average molecular weight is 198 g/mol. The van der Waals surface area contributed by atoms with Crippen LogP contribution in [0.25, 0.3) is 0 Å². The van der Waals surface area contributed by atoms with Crippen LogP contribution in [0.4, 0.5) is 0 Å². The van der Waals surface area contributed by atoms with E-state index in [0.29, 0.717) is 18.6 Å². The van der Waals surface area contributed by atoms with Gasteiger partial charge in [0.25, 0.3) is 0 Å². The zero-order valence-electron chi connectivity index (χ0n) is 8.91. The van der Waals surface area contributed by atoms with E-state index in [9.17, 15) is 9.59 Å². The first-order valence-electron chi connectivity index (χ1n) is 5.24. The second-order valence-corrected chi connectivity index (χ2v) is 4.08. The van der Waals surface area contributed by atoms with E-state index in [1.54, 1.807) is 0 Å². The molecular weight excluding hydrogens is 180 g/mol. The molecule has 3 nitrogen and oxygen atoms in total. The molecule has 0 radical (unpaired) electrons. The van der Waals surface area contributed by atoms with E-state index >= 15 is 0 Å². The van der Waals surface area contributed by atoms with Gasteiger partial charge in [-0.1, -0.05) is 13.3 Å². The van der Waals surface area contributed by atoms with E-state index in [1.165, 1.54) is 7.11 Å². The Morgan fingerprint density at radius 3 is 2.86 bits per heavy atom. The van der Waals surface area contributed by atoms with Gasteiger partial charge in [-0.05, 0) is 18.8 Å². The number of esters is 1. The molecule has 80 valence electrons. The van der Waals surface area contributed by atoms with Crippen LogP contribution in [0.15, 0.2) is 0 Å². The maximum atomic E-state index is 11.6. The van der Waals surface area contributed by atoms with Crippen LogP contribution in [-0.4, -0.2) is 18.9 Å². The van der Waals surface area contributed by atoms with Crippen molar-refractivity contribution in [3.63, 3.8) is 0 Å². The summed E-state index contributed by atoms with van der Waals surface area (Å²) in [5.41, 5.74) is 0. The molecule has 0 amide bonds. The number of Topliss-reactive ketones (excluding diaryl/α,β-unsaturated/α-hetero) is 1. The van der Waals surface area contributed by atoms with Crippen LogP contribution in [0.2, 0.25) is 0 Å². The Morgan fingerprint density at radius 2 is 2.29 bits per heavy atom. The van der Waals surface area contributed by atoms with Gasteiger partial charge in [0.2, 0.25) is 0 Å².